The van der Waals surface area contributed by atoms with Crippen molar-refractivity contribution in [2.75, 3.05) is 17.3 Å². The van der Waals surface area contributed by atoms with E-state index in [0.717, 1.165) is 0 Å². The molecule has 8 heteroatoms. The van der Waals surface area contributed by atoms with Crippen molar-refractivity contribution in [2.45, 2.75) is 38.4 Å². The van der Waals surface area contributed by atoms with Gasteiger partial charge in [0.05, 0.1) is 23.4 Å². The highest BCUT2D eigenvalue weighted by Crippen LogP contribution is 2.46. The van der Waals surface area contributed by atoms with Crippen molar-refractivity contribution in [3.8, 4) is 5.75 Å². The number of fused-ring (bicyclic) bond motifs is 3. The maximum absolute atomic E-state index is 13.7. The Labute approximate surface area is 179 Å². The number of carbonyl (C=O) groups excluding carboxylic acids is 3. The summed E-state index contributed by atoms with van der Waals surface area (Å²) in [5.74, 6) is -0.430. The topological polar surface area (TPSA) is 79.0 Å². The highest BCUT2D eigenvalue weighted by molar-refractivity contribution is 6.32. The van der Waals surface area contributed by atoms with Gasteiger partial charge in [-0.1, -0.05) is 23.7 Å². The summed E-state index contributed by atoms with van der Waals surface area (Å²) in [6, 6.07) is 11.5. The third kappa shape index (κ3) is 2.84. The Hall–Kier alpha value is -3.06. The van der Waals surface area contributed by atoms with E-state index in [2.05, 4.69) is 5.32 Å². The van der Waals surface area contributed by atoms with E-state index in [1.807, 2.05) is 13.8 Å². The first-order valence-electron chi connectivity index (χ1n) is 9.72. The Bertz CT molecular complexity index is 1050. The maximum Gasteiger partial charge on any atom is 0.271 e. The lowest BCUT2D eigenvalue weighted by molar-refractivity contribution is -0.129. The highest BCUT2D eigenvalue weighted by atomic mass is 35.5. The maximum atomic E-state index is 13.7. The molecule has 1 saturated heterocycles. The molecule has 2 aromatic carbocycles. The minimum absolute atomic E-state index is 0.168. The molecule has 0 saturated carbocycles. The summed E-state index contributed by atoms with van der Waals surface area (Å²) in [7, 11) is 1.51. The average Bonchev–Trinajstić information content (AvgIpc) is 3.06. The van der Waals surface area contributed by atoms with Crippen LogP contribution in [0.2, 0.25) is 5.02 Å². The van der Waals surface area contributed by atoms with Crippen LogP contribution in [0, 0.1) is 0 Å². The zero-order valence-corrected chi connectivity index (χ0v) is 17.7. The molecule has 0 spiro atoms. The van der Waals surface area contributed by atoms with Crippen LogP contribution < -0.4 is 15.0 Å². The molecule has 1 fully saturated rings. The minimum Gasteiger partial charge on any atom is -0.495 e. The second-order valence-corrected chi connectivity index (χ2v) is 8.04. The van der Waals surface area contributed by atoms with Crippen molar-refractivity contribution in [1.82, 2.24) is 4.90 Å². The summed E-state index contributed by atoms with van der Waals surface area (Å²) in [6.45, 7) is 3.68. The van der Waals surface area contributed by atoms with E-state index < -0.39 is 11.6 Å². The molecular weight excluding hydrogens is 406 g/mol. The second kappa shape index (κ2) is 7.32. The predicted molar refractivity (Wildman–Crippen MR) is 114 cm³/mol. The molecule has 0 aromatic heterocycles. The summed E-state index contributed by atoms with van der Waals surface area (Å²) in [5.41, 5.74) is -0.111. The number of methoxy groups -OCH3 is 1. The molecule has 1 unspecified atom stereocenters. The number of para-hydroxylation sites is 1. The summed E-state index contributed by atoms with van der Waals surface area (Å²) >= 11 is 6.20. The molecule has 1 N–H and O–H groups in total. The van der Waals surface area contributed by atoms with E-state index in [9.17, 15) is 14.4 Å². The Balaban J connectivity index is 1.82. The second-order valence-electron chi connectivity index (χ2n) is 7.64. The molecule has 1 atom stereocenters. The first-order chi connectivity index (χ1) is 14.3. The van der Waals surface area contributed by atoms with E-state index in [1.54, 1.807) is 42.5 Å². The van der Waals surface area contributed by atoms with Crippen LogP contribution in [0.25, 0.3) is 0 Å². The summed E-state index contributed by atoms with van der Waals surface area (Å²) in [6.07, 6.45) is 0.376. The van der Waals surface area contributed by atoms with Gasteiger partial charge < -0.3 is 15.0 Å². The van der Waals surface area contributed by atoms with Crippen LogP contribution in [-0.2, 0) is 9.59 Å². The molecule has 30 heavy (non-hydrogen) atoms. The van der Waals surface area contributed by atoms with Crippen LogP contribution in [0.3, 0.4) is 0 Å². The van der Waals surface area contributed by atoms with Gasteiger partial charge in [0.1, 0.15) is 5.75 Å². The lowest BCUT2D eigenvalue weighted by atomic mass is 9.94. The van der Waals surface area contributed by atoms with Gasteiger partial charge in [-0.25, -0.2) is 0 Å². The molecule has 2 aliphatic rings. The van der Waals surface area contributed by atoms with Crippen molar-refractivity contribution >= 4 is 40.7 Å². The van der Waals surface area contributed by atoms with Gasteiger partial charge in [-0.3, -0.25) is 19.3 Å². The number of benzene rings is 2. The lowest BCUT2D eigenvalue weighted by Crippen LogP contribution is -2.70. The van der Waals surface area contributed by atoms with Crippen molar-refractivity contribution in [1.29, 1.82) is 0 Å². The van der Waals surface area contributed by atoms with E-state index >= 15 is 0 Å². The van der Waals surface area contributed by atoms with E-state index in [1.165, 1.54) is 16.9 Å². The Morgan fingerprint density at radius 2 is 1.93 bits per heavy atom. The quantitative estimate of drug-likeness (QED) is 0.807. The molecule has 0 bridgehead atoms. The fraction of sp³-hybridized carbons (Fsp3) is 0.318. The third-order valence-corrected chi connectivity index (χ3v) is 5.88. The van der Waals surface area contributed by atoms with E-state index in [4.69, 9.17) is 16.3 Å². The zero-order valence-electron chi connectivity index (χ0n) is 16.9. The standard InChI is InChI=1S/C22H22ClN3O4/c1-13(2)25-20(28)15-6-4-5-7-17(15)26-19(27)10-11-22(25,26)21(29)24-14-8-9-18(30-3)16(23)12-14/h4-9,12-13H,10-11H2,1-3H3,(H,24,29). The number of carbonyl (C=O) groups is 3. The van der Waals surface area contributed by atoms with Gasteiger partial charge >= 0.3 is 0 Å². The highest BCUT2D eigenvalue weighted by Gasteiger charge is 2.61. The van der Waals surface area contributed by atoms with Crippen LogP contribution in [-0.4, -0.2) is 41.4 Å². The van der Waals surface area contributed by atoms with Crippen LogP contribution in [0.4, 0.5) is 11.4 Å². The molecule has 2 heterocycles. The van der Waals surface area contributed by atoms with Gasteiger partial charge in [0.2, 0.25) is 11.6 Å². The number of nitrogens with zero attached hydrogens (tertiary/aromatic N) is 2. The van der Waals surface area contributed by atoms with Gasteiger partial charge in [0.25, 0.3) is 11.8 Å². The van der Waals surface area contributed by atoms with Crippen molar-refractivity contribution in [2.24, 2.45) is 0 Å². The number of anilines is 2. The minimum atomic E-state index is -1.44. The van der Waals surface area contributed by atoms with Crippen LogP contribution in [0.5, 0.6) is 5.75 Å². The molecule has 2 aromatic rings. The fourth-order valence-corrected chi connectivity index (χ4v) is 4.64. The van der Waals surface area contributed by atoms with Crippen LogP contribution in [0.15, 0.2) is 42.5 Å². The molecule has 156 valence electrons. The molecular formula is C22H22ClN3O4. The fourth-order valence-electron chi connectivity index (χ4n) is 4.38. The number of ether oxygens (including phenoxy) is 1. The molecule has 2 aliphatic heterocycles. The molecule has 3 amide bonds. The smallest absolute Gasteiger partial charge is 0.271 e. The average molecular weight is 428 g/mol. The Kier molecular flexibility index (Phi) is 4.94. The Morgan fingerprint density at radius 1 is 1.20 bits per heavy atom. The SMILES string of the molecule is COc1ccc(NC(=O)C23CCC(=O)N2c2ccccc2C(=O)N3C(C)C)cc1Cl. The first kappa shape index (κ1) is 20.2. The largest absolute Gasteiger partial charge is 0.495 e. The van der Waals surface area contributed by atoms with Crippen LogP contribution in [0.1, 0.15) is 37.0 Å². The lowest BCUT2D eigenvalue weighted by Gasteiger charge is -2.50. The Morgan fingerprint density at radius 3 is 2.60 bits per heavy atom. The molecule has 7 nitrogen and oxygen atoms in total. The van der Waals surface area contributed by atoms with Crippen molar-refractivity contribution < 1.29 is 19.1 Å². The molecule has 0 aliphatic carbocycles. The monoisotopic (exact) mass is 427 g/mol. The summed E-state index contributed by atoms with van der Waals surface area (Å²) in [5, 5.41) is 3.20. The van der Waals surface area contributed by atoms with E-state index in [0.29, 0.717) is 27.7 Å². The number of hydrogen-bond acceptors (Lipinski definition) is 4. The van der Waals surface area contributed by atoms with Crippen molar-refractivity contribution in [3.63, 3.8) is 0 Å². The van der Waals surface area contributed by atoms with Gasteiger partial charge in [0, 0.05) is 24.6 Å². The van der Waals surface area contributed by atoms with Gasteiger partial charge in [-0.2, -0.15) is 0 Å². The summed E-state index contributed by atoms with van der Waals surface area (Å²) in [4.78, 5) is 43.0. The number of rotatable bonds is 4. The number of halogens is 1. The van der Waals surface area contributed by atoms with Crippen molar-refractivity contribution in [3.05, 3.63) is 53.1 Å². The van der Waals surface area contributed by atoms with Gasteiger partial charge in [-0.05, 0) is 44.2 Å². The van der Waals surface area contributed by atoms with Gasteiger partial charge in [0.15, 0.2) is 0 Å². The molecule has 4 rings (SSSR count). The van der Waals surface area contributed by atoms with E-state index in [-0.39, 0.29) is 30.7 Å². The normalized spacial score (nSPS) is 20.3. The number of hydrogen-bond donors (Lipinski definition) is 1. The van der Waals surface area contributed by atoms with Gasteiger partial charge in [-0.15, -0.1) is 0 Å². The first-order valence-corrected chi connectivity index (χ1v) is 10.1. The number of nitrogens with one attached hydrogen (secondary N) is 1. The predicted octanol–water partition coefficient (Wildman–Crippen LogP) is 3.67. The zero-order chi connectivity index (χ0) is 21.6. The van der Waals surface area contributed by atoms with Crippen LogP contribution >= 0.6 is 11.6 Å². The summed E-state index contributed by atoms with van der Waals surface area (Å²) < 4.78 is 5.15. The third-order valence-electron chi connectivity index (χ3n) is 5.59. The molecule has 0 radical (unpaired) electrons. The number of amides is 3.